The van der Waals surface area contributed by atoms with Gasteiger partial charge in [0.05, 0.1) is 12.8 Å². The number of methoxy groups -OCH3 is 1. The van der Waals surface area contributed by atoms with E-state index in [2.05, 4.69) is 4.90 Å². The summed E-state index contributed by atoms with van der Waals surface area (Å²) in [7, 11) is -2.29. The van der Waals surface area contributed by atoms with Gasteiger partial charge in [0.1, 0.15) is 10.6 Å². The standard InChI is InChI=1S/C20H18Cl3N3O3S2/c1-29-18-3-2-14(21)11-19(18)31(27,28)26-6-4-25(5-7-26)20-24-17(12-30-20)13-8-15(22)10-16(23)9-13/h2-3,8-12H,4-7H2,1H3. The molecular weight excluding hydrogens is 501 g/mol. The summed E-state index contributed by atoms with van der Waals surface area (Å²) in [5, 5.41) is 4.20. The molecule has 0 atom stereocenters. The van der Waals surface area contributed by atoms with Crippen molar-refractivity contribution in [3.63, 3.8) is 0 Å². The second-order valence-corrected chi connectivity index (χ2v) is 10.9. The summed E-state index contributed by atoms with van der Waals surface area (Å²) in [6.45, 7) is 1.70. The van der Waals surface area contributed by atoms with E-state index in [0.29, 0.717) is 41.2 Å². The van der Waals surface area contributed by atoms with Crippen LogP contribution in [-0.2, 0) is 10.0 Å². The Bertz CT molecular complexity index is 1190. The molecule has 0 N–H and O–H groups in total. The van der Waals surface area contributed by atoms with Gasteiger partial charge in [-0.2, -0.15) is 4.31 Å². The summed E-state index contributed by atoms with van der Waals surface area (Å²) in [5.41, 5.74) is 1.62. The molecular formula is C20H18Cl3N3O3S2. The number of ether oxygens (including phenoxy) is 1. The number of hydrogen-bond donors (Lipinski definition) is 0. The van der Waals surface area contributed by atoms with Gasteiger partial charge in [-0.3, -0.25) is 0 Å². The maximum Gasteiger partial charge on any atom is 0.246 e. The van der Waals surface area contributed by atoms with Crippen LogP contribution in [-0.4, -0.2) is 51.0 Å². The maximum atomic E-state index is 13.1. The lowest BCUT2D eigenvalue weighted by Crippen LogP contribution is -2.48. The Balaban J connectivity index is 1.49. The topological polar surface area (TPSA) is 62.7 Å². The van der Waals surface area contributed by atoms with Crippen molar-refractivity contribution in [2.45, 2.75) is 4.90 Å². The van der Waals surface area contributed by atoms with Crippen molar-refractivity contribution in [2.75, 3.05) is 38.2 Å². The van der Waals surface area contributed by atoms with Crippen molar-refractivity contribution in [3.8, 4) is 17.0 Å². The van der Waals surface area contributed by atoms with E-state index >= 15 is 0 Å². The van der Waals surface area contributed by atoms with Gasteiger partial charge >= 0.3 is 0 Å². The molecule has 2 aromatic carbocycles. The molecule has 1 aromatic heterocycles. The Morgan fingerprint density at radius 3 is 2.29 bits per heavy atom. The molecule has 0 saturated carbocycles. The molecule has 6 nitrogen and oxygen atoms in total. The summed E-state index contributed by atoms with van der Waals surface area (Å²) in [4.78, 5) is 6.84. The maximum absolute atomic E-state index is 13.1. The summed E-state index contributed by atoms with van der Waals surface area (Å²) in [6.07, 6.45) is 0. The number of sulfonamides is 1. The van der Waals surface area contributed by atoms with Crippen molar-refractivity contribution in [1.82, 2.24) is 9.29 Å². The SMILES string of the molecule is COc1ccc(Cl)cc1S(=O)(=O)N1CCN(c2nc(-c3cc(Cl)cc(Cl)c3)cs2)CC1. The number of thiazole rings is 1. The highest BCUT2D eigenvalue weighted by Crippen LogP contribution is 2.33. The van der Waals surface area contributed by atoms with Crippen molar-refractivity contribution < 1.29 is 13.2 Å². The van der Waals surface area contributed by atoms with E-state index in [9.17, 15) is 8.42 Å². The minimum atomic E-state index is -3.73. The van der Waals surface area contributed by atoms with Gasteiger partial charge in [0.25, 0.3) is 0 Å². The Morgan fingerprint density at radius 1 is 0.968 bits per heavy atom. The number of rotatable bonds is 5. The van der Waals surface area contributed by atoms with Crippen molar-refractivity contribution in [3.05, 3.63) is 56.8 Å². The highest BCUT2D eigenvalue weighted by Gasteiger charge is 2.31. The number of halogens is 3. The van der Waals surface area contributed by atoms with Gasteiger partial charge in [0, 0.05) is 52.2 Å². The third-order valence-electron chi connectivity index (χ3n) is 4.90. The van der Waals surface area contributed by atoms with E-state index in [0.717, 1.165) is 16.4 Å². The van der Waals surface area contributed by atoms with Gasteiger partial charge in [0.15, 0.2) is 5.13 Å². The predicted molar refractivity (Wildman–Crippen MR) is 127 cm³/mol. The Morgan fingerprint density at radius 2 is 1.65 bits per heavy atom. The van der Waals surface area contributed by atoms with E-state index in [-0.39, 0.29) is 10.6 Å². The number of piperazine rings is 1. The first-order valence-electron chi connectivity index (χ1n) is 9.28. The first kappa shape index (κ1) is 22.6. The van der Waals surface area contributed by atoms with Crippen molar-refractivity contribution in [1.29, 1.82) is 0 Å². The molecule has 1 aliphatic heterocycles. The minimum Gasteiger partial charge on any atom is -0.495 e. The van der Waals surface area contributed by atoms with Gasteiger partial charge in [-0.1, -0.05) is 34.8 Å². The van der Waals surface area contributed by atoms with Crippen LogP contribution in [0.25, 0.3) is 11.3 Å². The molecule has 0 amide bonds. The highest BCUT2D eigenvalue weighted by molar-refractivity contribution is 7.89. The highest BCUT2D eigenvalue weighted by atomic mass is 35.5. The van der Waals surface area contributed by atoms with E-state index in [1.165, 1.54) is 28.8 Å². The van der Waals surface area contributed by atoms with Gasteiger partial charge in [-0.25, -0.2) is 13.4 Å². The lowest BCUT2D eigenvalue weighted by Gasteiger charge is -2.34. The fourth-order valence-electron chi connectivity index (χ4n) is 3.35. The third-order valence-corrected chi connectivity index (χ3v) is 8.40. The predicted octanol–water partition coefficient (Wildman–Crippen LogP) is 5.29. The molecule has 0 aliphatic carbocycles. The van der Waals surface area contributed by atoms with Gasteiger partial charge in [-0.05, 0) is 36.4 Å². The first-order valence-corrected chi connectivity index (χ1v) is 12.7. The summed E-state index contributed by atoms with van der Waals surface area (Å²) in [5.74, 6) is 0.275. The molecule has 0 unspecified atom stereocenters. The zero-order valence-corrected chi connectivity index (χ0v) is 20.3. The second kappa shape index (κ2) is 9.13. The average Bonchev–Trinajstić information content (AvgIpc) is 3.23. The van der Waals surface area contributed by atoms with Gasteiger partial charge in [0.2, 0.25) is 10.0 Å². The normalized spacial score (nSPS) is 15.3. The summed E-state index contributed by atoms with van der Waals surface area (Å²) < 4.78 is 33.0. The molecule has 0 radical (unpaired) electrons. The van der Waals surface area contributed by atoms with Crippen LogP contribution in [0.15, 0.2) is 46.7 Å². The largest absolute Gasteiger partial charge is 0.495 e. The van der Waals surface area contributed by atoms with Crippen molar-refractivity contribution in [2.24, 2.45) is 0 Å². The molecule has 31 heavy (non-hydrogen) atoms. The minimum absolute atomic E-state index is 0.0744. The van der Waals surface area contributed by atoms with Crippen LogP contribution in [0.2, 0.25) is 15.1 Å². The summed E-state index contributed by atoms with van der Waals surface area (Å²) in [6, 6.07) is 9.89. The Hall–Kier alpha value is -1.55. The molecule has 2 heterocycles. The first-order chi connectivity index (χ1) is 14.8. The number of benzene rings is 2. The fraction of sp³-hybridized carbons (Fsp3) is 0.250. The second-order valence-electron chi connectivity index (χ2n) is 6.86. The number of anilines is 1. The molecule has 1 aliphatic rings. The van der Waals surface area contributed by atoms with Crippen LogP contribution >= 0.6 is 46.1 Å². The van der Waals surface area contributed by atoms with Gasteiger partial charge in [-0.15, -0.1) is 11.3 Å². The molecule has 4 rings (SSSR count). The average molecular weight is 519 g/mol. The fourth-order valence-corrected chi connectivity index (χ4v) is 6.61. The number of nitrogens with zero attached hydrogens (tertiary/aromatic N) is 3. The van der Waals surface area contributed by atoms with Crippen molar-refractivity contribution >= 4 is 61.3 Å². The lowest BCUT2D eigenvalue weighted by atomic mass is 10.2. The van der Waals surface area contributed by atoms with E-state index in [4.69, 9.17) is 44.5 Å². The molecule has 1 saturated heterocycles. The Kier molecular flexibility index (Phi) is 6.67. The van der Waals surface area contributed by atoms with E-state index in [1.54, 1.807) is 18.2 Å². The summed E-state index contributed by atoms with van der Waals surface area (Å²) >= 11 is 19.7. The van der Waals surface area contributed by atoms with E-state index in [1.807, 2.05) is 17.5 Å². The van der Waals surface area contributed by atoms with Gasteiger partial charge < -0.3 is 9.64 Å². The van der Waals surface area contributed by atoms with Crippen LogP contribution in [0.3, 0.4) is 0 Å². The molecule has 11 heteroatoms. The van der Waals surface area contributed by atoms with Crippen LogP contribution in [0.1, 0.15) is 0 Å². The van der Waals surface area contributed by atoms with Crippen LogP contribution < -0.4 is 9.64 Å². The quantitative estimate of drug-likeness (QED) is 0.459. The zero-order chi connectivity index (χ0) is 22.2. The molecule has 3 aromatic rings. The molecule has 0 bridgehead atoms. The monoisotopic (exact) mass is 517 g/mol. The smallest absolute Gasteiger partial charge is 0.246 e. The molecule has 164 valence electrons. The third kappa shape index (κ3) is 4.79. The van der Waals surface area contributed by atoms with E-state index < -0.39 is 10.0 Å². The zero-order valence-electron chi connectivity index (χ0n) is 16.4. The number of aromatic nitrogens is 1. The Labute approximate surface area is 200 Å². The van der Waals surface area contributed by atoms with Crippen LogP contribution in [0.4, 0.5) is 5.13 Å². The van der Waals surface area contributed by atoms with Crippen LogP contribution in [0, 0.1) is 0 Å². The molecule has 1 fully saturated rings. The number of hydrogen-bond acceptors (Lipinski definition) is 6. The lowest BCUT2D eigenvalue weighted by molar-refractivity contribution is 0.374. The van der Waals surface area contributed by atoms with Crippen LogP contribution in [0.5, 0.6) is 5.75 Å². The molecule has 0 spiro atoms.